The van der Waals surface area contributed by atoms with E-state index in [1.807, 2.05) is 0 Å². The summed E-state index contributed by atoms with van der Waals surface area (Å²) in [6.45, 7) is -0.785. The quantitative estimate of drug-likeness (QED) is 0.802. The van der Waals surface area contributed by atoms with E-state index in [-0.39, 0.29) is 6.54 Å². The van der Waals surface area contributed by atoms with Crippen molar-refractivity contribution in [2.75, 3.05) is 6.54 Å². The molecule has 0 radical (unpaired) electrons. The maximum absolute atomic E-state index is 12.8. The summed E-state index contributed by atoms with van der Waals surface area (Å²) >= 11 is 0. The molecule has 0 spiro atoms. The summed E-state index contributed by atoms with van der Waals surface area (Å²) in [6, 6.07) is 5.32. The molecule has 0 heterocycles. The molecule has 100 valence electrons. The Balaban J connectivity index is 2.52. The van der Waals surface area contributed by atoms with E-state index in [1.165, 1.54) is 18.2 Å². The first-order chi connectivity index (χ1) is 8.30. The van der Waals surface area contributed by atoms with Gasteiger partial charge in [-0.1, -0.05) is 12.1 Å². The lowest BCUT2D eigenvalue weighted by molar-refractivity contribution is -0.192. The van der Waals surface area contributed by atoms with Gasteiger partial charge in [-0.05, 0) is 17.7 Å². The Labute approximate surface area is 100 Å². The normalized spacial score (nSPS) is 13.3. The number of hydrogen-bond acceptors (Lipinski definition) is 2. The smallest absolute Gasteiger partial charge is 0.403 e. The van der Waals surface area contributed by atoms with Crippen molar-refractivity contribution in [3.8, 4) is 0 Å². The molecule has 3 nitrogen and oxygen atoms in total. The highest BCUT2D eigenvalue weighted by atomic mass is 19.4. The molecule has 0 fully saturated rings. The third-order valence-corrected chi connectivity index (χ3v) is 2.26. The van der Waals surface area contributed by atoms with Crippen LogP contribution in [0.15, 0.2) is 24.3 Å². The van der Waals surface area contributed by atoms with E-state index < -0.39 is 30.4 Å². The Morgan fingerprint density at radius 2 is 2.06 bits per heavy atom. The lowest BCUT2D eigenvalue weighted by Gasteiger charge is -2.16. The monoisotopic (exact) mass is 265 g/mol. The fourth-order valence-electron chi connectivity index (χ4n) is 1.35. The Bertz CT molecular complexity index is 420. The van der Waals surface area contributed by atoms with Crippen molar-refractivity contribution in [2.24, 2.45) is 5.92 Å². The zero-order valence-electron chi connectivity index (χ0n) is 9.17. The zero-order chi connectivity index (χ0) is 13.8. The number of hydrogen-bond donors (Lipinski definition) is 2. The maximum atomic E-state index is 12.8. The topological polar surface area (TPSA) is 49.3 Å². The van der Waals surface area contributed by atoms with Crippen LogP contribution in [0, 0.1) is 11.7 Å². The molecule has 0 saturated heterocycles. The molecule has 0 aliphatic heterocycles. The highest BCUT2D eigenvalue weighted by Crippen LogP contribution is 2.25. The van der Waals surface area contributed by atoms with Gasteiger partial charge in [0.15, 0.2) is 5.92 Å². The Morgan fingerprint density at radius 3 is 2.56 bits per heavy atom. The molecular formula is C11H11F4NO2. The van der Waals surface area contributed by atoms with Gasteiger partial charge in [-0.3, -0.25) is 4.79 Å². The molecule has 1 aromatic rings. The Kier molecular flexibility index (Phi) is 4.66. The number of rotatable bonds is 5. The van der Waals surface area contributed by atoms with Gasteiger partial charge in [0.2, 0.25) is 0 Å². The van der Waals surface area contributed by atoms with Crippen LogP contribution in [-0.4, -0.2) is 23.8 Å². The molecule has 0 amide bonds. The summed E-state index contributed by atoms with van der Waals surface area (Å²) in [5.41, 5.74) is 0.446. The highest BCUT2D eigenvalue weighted by molar-refractivity contribution is 5.71. The first-order valence-corrected chi connectivity index (χ1v) is 5.05. The summed E-state index contributed by atoms with van der Waals surface area (Å²) in [4.78, 5) is 10.4. The third kappa shape index (κ3) is 4.33. The average Bonchev–Trinajstić information content (AvgIpc) is 2.22. The van der Waals surface area contributed by atoms with E-state index in [2.05, 4.69) is 5.32 Å². The van der Waals surface area contributed by atoms with Crippen molar-refractivity contribution in [3.63, 3.8) is 0 Å². The fourth-order valence-corrected chi connectivity index (χ4v) is 1.35. The molecule has 1 atom stereocenters. The Hall–Kier alpha value is -1.63. The van der Waals surface area contributed by atoms with Crippen molar-refractivity contribution in [1.82, 2.24) is 5.32 Å². The van der Waals surface area contributed by atoms with Crippen LogP contribution in [0.4, 0.5) is 17.6 Å². The molecule has 0 bridgehead atoms. The minimum absolute atomic E-state index is 0.0301. The second-order valence-corrected chi connectivity index (χ2v) is 3.69. The minimum atomic E-state index is -4.80. The largest absolute Gasteiger partial charge is 0.481 e. The van der Waals surface area contributed by atoms with Crippen LogP contribution in [0.5, 0.6) is 0 Å². The predicted octanol–water partition coefficient (Wildman–Crippen LogP) is 2.18. The lowest BCUT2D eigenvalue weighted by atomic mass is 10.1. The molecule has 1 unspecified atom stereocenters. The lowest BCUT2D eigenvalue weighted by Crippen LogP contribution is -2.38. The van der Waals surface area contributed by atoms with Gasteiger partial charge in [0, 0.05) is 13.1 Å². The van der Waals surface area contributed by atoms with Gasteiger partial charge in [-0.2, -0.15) is 13.2 Å². The van der Waals surface area contributed by atoms with Gasteiger partial charge >= 0.3 is 12.1 Å². The molecule has 1 aromatic carbocycles. The standard InChI is InChI=1S/C11H11F4NO2/c12-8-3-1-2-7(4-8)5-16-6-9(10(17)18)11(13,14)15/h1-4,9,16H,5-6H2,(H,17,18). The van der Waals surface area contributed by atoms with Crippen LogP contribution >= 0.6 is 0 Å². The number of benzene rings is 1. The number of carbonyl (C=O) groups is 1. The predicted molar refractivity (Wildman–Crippen MR) is 55.3 cm³/mol. The van der Waals surface area contributed by atoms with Crippen LogP contribution in [0.1, 0.15) is 5.56 Å². The van der Waals surface area contributed by atoms with E-state index in [1.54, 1.807) is 0 Å². The average molecular weight is 265 g/mol. The first-order valence-electron chi connectivity index (χ1n) is 5.05. The first kappa shape index (κ1) is 14.4. The molecule has 1 rings (SSSR count). The second kappa shape index (κ2) is 5.81. The second-order valence-electron chi connectivity index (χ2n) is 3.69. The number of nitrogens with one attached hydrogen (secondary N) is 1. The maximum Gasteiger partial charge on any atom is 0.403 e. The zero-order valence-corrected chi connectivity index (χ0v) is 9.17. The van der Waals surface area contributed by atoms with Gasteiger partial charge in [-0.15, -0.1) is 0 Å². The van der Waals surface area contributed by atoms with Crippen LogP contribution in [0.2, 0.25) is 0 Å². The molecule has 0 aliphatic rings. The van der Waals surface area contributed by atoms with E-state index in [0.29, 0.717) is 5.56 Å². The van der Waals surface area contributed by atoms with Crippen molar-refractivity contribution < 1.29 is 27.5 Å². The van der Waals surface area contributed by atoms with Gasteiger partial charge in [0.05, 0.1) is 0 Å². The van der Waals surface area contributed by atoms with Crippen molar-refractivity contribution in [1.29, 1.82) is 0 Å². The molecule has 18 heavy (non-hydrogen) atoms. The molecule has 0 saturated carbocycles. The van der Waals surface area contributed by atoms with E-state index in [9.17, 15) is 22.4 Å². The van der Waals surface area contributed by atoms with Crippen LogP contribution in [-0.2, 0) is 11.3 Å². The fraction of sp³-hybridized carbons (Fsp3) is 0.364. The summed E-state index contributed by atoms with van der Waals surface area (Å²) in [5, 5.41) is 10.8. The van der Waals surface area contributed by atoms with Crippen molar-refractivity contribution in [3.05, 3.63) is 35.6 Å². The van der Waals surface area contributed by atoms with E-state index >= 15 is 0 Å². The van der Waals surface area contributed by atoms with Gasteiger partial charge in [0.25, 0.3) is 0 Å². The molecule has 0 aliphatic carbocycles. The third-order valence-electron chi connectivity index (χ3n) is 2.26. The number of carboxylic acids is 1. The van der Waals surface area contributed by atoms with E-state index in [4.69, 9.17) is 5.11 Å². The van der Waals surface area contributed by atoms with Crippen LogP contribution in [0.25, 0.3) is 0 Å². The van der Waals surface area contributed by atoms with E-state index in [0.717, 1.165) is 6.07 Å². The molecular weight excluding hydrogens is 254 g/mol. The van der Waals surface area contributed by atoms with Gasteiger partial charge in [0.1, 0.15) is 5.82 Å². The number of alkyl halides is 3. The minimum Gasteiger partial charge on any atom is -0.481 e. The number of carboxylic acid groups (broad SMARTS) is 1. The highest BCUT2D eigenvalue weighted by Gasteiger charge is 2.44. The Morgan fingerprint density at radius 1 is 1.39 bits per heavy atom. The van der Waals surface area contributed by atoms with Crippen molar-refractivity contribution >= 4 is 5.97 Å². The summed E-state index contributed by atoms with van der Waals surface area (Å²) in [5.74, 6) is -4.90. The molecule has 2 N–H and O–H groups in total. The number of halogens is 4. The van der Waals surface area contributed by atoms with Crippen LogP contribution in [0.3, 0.4) is 0 Å². The molecule has 7 heteroatoms. The van der Waals surface area contributed by atoms with Gasteiger partial charge < -0.3 is 10.4 Å². The van der Waals surface area contributed by atoms with Crippen LogP contribution < -0.4 is 5.32 Å². The molecule has 0 aromatic heterocycles. The van der Waals surface area contributed by atoms with Crippen molar-refractivity contribution in [2.45, 2.75) is 12.7 Å². The number of aliphatic carboxylic acids is 1. The summed E-state index contributed by atoms with van der Waals surface area (Å²) in [7, 11) is 0. The summed E-state index contributed by atoms with van der Waals surface area (Å²) < 4.78 is 49.6. The van der Waals surface area contributed by atoms with Gasteiger partial charge in [-0.25, -0.2) is 4.39 Å². The summed E-state index contributed by atoms with van der Waals surface area (Å²) in [6.07, 6.45) is -4.80. The SMILES string of the molecule is O=C(O)C(CNCc1cccc(F)c1)C(F)(F)F.